The average molecular weight is 216 g/mol. The molecule has 1 aromatic rings. The van der Waals surface area contributed by atoms with Gasteiger partial charge < -0.3 is 4.74 Å². The van der Waals surface area contributed by atoms with Crippen LogP contribution in [0.4, 0.5) is 0 Å². The molecule has 4 nitrogen and oxygen atoms in total. The molecule has 0 N–H and O–H groups in total. The first-order valence-electron chi connectivity index (χ1n) is 4.63. The van der Waals surface area contributed by atoms with Crippen LogP contribution in [0.5, 0.6) is 0 Å². The van der Waals surface area contributed by atoms with Crippen LogP contribution in [0.15, 0.2) is 60.3 Å². The second kappa shape index (κ2) is 6.29. The van der Waals surface area contributed by atoms with Gasteiger partial charge in [0.1, 0.15) is 5.76 Å². The van der Waals surface area contributed by atoms with Crippen molar-refractivity contribution in [1.82, 2.24) is 4.98 Å². The number of nitrogens with zero attached hydrogens (tertiary/aromatic N) is 2. The highest BCUT2D eigenvalue weighted by Gasteiger charge is 1.98. The van der Waals surface area contributed by atoms with Crippen molar-refractivity contribution in [3.63, 3.8) is 0 Å². The van der Waals surface area contributed by atoms with Gasteiger partial charge >= 0.3 is 0 Å². The molecule has 16 heavy (non-hydrogen) atoms. The molecule has 1 heterocycles. The van der Waals surface area contributed by atoms with Gasteiger partial charge in [-0.15, -0.1) is 4.91 Å². The predicted molar refractivity (Wildman–Crippen MR) is 63.3 cm³/mol. The van der Waals surface area contributed by atoms with E-state index < -0.39 is 0 Å². The number of ether oxygens (including phenoxy) is 1. The summed E-state index contributed by atoms with van der Waals surface area (Å²) in [5, 5.41) is 2.61. The summed E-state index contributed by atoms with van der Waals surface area (Å²) in [5.41, 5.74) is 1.46. The number of hydrogen-bond acceptors (Lipinski definition) is 4. The smallest absolute Gasteiger partial charge is 0.121 e. The van der Waals surface area contributed by atoms with Crippen LogP contribution in [0, 0.1) is 4.91 Å². The zero-order valence-electron chi connectivity index (χ0n) is 8.96. The van der Waals surface area contributed by atoms with Crippen molar-refractivity contribution in [3.05, 3.63) is 65.7 Å². The van der Waals surface area contributed by atoms with Crippen LogP contribution < -0.4 is 0 Å². The zero-order valence-corrected chi connectivity index (χ0v) is 8.96. The van der Waals surface area contributed by atoms with Crippen molar-refractivity contribution >= 4 is 5.57 Å². The maximum atomic E-state index is 9.93. The lowest BCUT2D eigenvalue weighted by Gasteiger charge is -2.02. The molecule has 0 aromatic carbocycles. The van der Waals surface area contributed by atoms with E-state index in [0.717, 1.165) is 11.9 Å². The Bertz CT molecular complexity index is 422. The van der Waals surface area contributed by atoms with E-state index in [1.807, 2.05) is 18.2 Å². The summed E-state index contributed by atoms with van der Waals surface area (Å²) in [6, 6.07) is 5.54. The molecule has 0 amide bonds. The molecule has 4 heteroatoms. The van der Waals surface area contributed by atoms with E-state index in [1.54, 1.807) is 12.3 Å². The fraction of sp³-hybridized carbons (Fsp3) is 0.0833. The average Bonchev–Trinajstić information content (AvgIpc) is 2.35. The maximum Gasteiger partial charge on any atom is 0.121 e. The normalized spacial score (nSPS) is 11.4. The van der Waals surface area contributed by atoms with Crippen molar-refractivity contribution in [2.45, 2.75) is 0 Å². The molecular weight excluding hydrogens is 204 g/mol. The minimum atomic E-state index is 0.496. The van der Waals surface area contributed by atoms with Gasteiger partial charge in [0.2, 0.25) is 0 Å². The molecule has 0 unspecified atom stereocenters. The molecule has 1 aromatic heterocycles. The number of hydrogen-bond donors (Lipinski definition) is 0. The molecule has 0 atom stereocenters. The van der Waals surface area contributed by atoms with Crippen molar-refractivity contribution in [2.75, 3.05) is 7.11 Å². The van der Waals surface area contributed by atoms with Crippen LogP contribution in [-0.2, 0) is 4.74 Å². The van der Waals surface area contributed by atoms with E-state index >= 15 is 0 Å². The van der Waals surface area contributed by atoms with Gasteiger partial charge in [-0.2, -0.15) is 0 Å². The maximum absolute atomic E-state index is 9.93. The van der Waals surface area contributed by atoms with Crippen molar-refractivity contribution in [2.24, 2.45) is 5.18 Å². The van der Waals surface area contributed by atoms with E-state index in [2.05, 4.69) is 16.7 Å². The number of pyridine rings is 1. The number of rotatable bonds is 5. The monoisotopic (exact) mass is 216 g/mol. The van der Waals surface area contributed by atoms with Crippen LogP contribution in [0.3, 0.4) is 0 Å². The Balaban J connectivity index is 2.86. The highest BCUT2D eigenvalue weighted by atomic mass is 16.5. The Morgan fingerprint density at radius 2 is 2.38 bits per heavy atom. The molecule has 0 aliphatic heterocycles. The minimum Gasteiger partial charge on any atom is -0.497 e. The number of methoxy groups -OCH3 is 1. The van der Waals surface area contributed by atoms with Crippen LogP contribution in [0.25, 0.3) is 5.57 Å². The third kappa shape index (κ3) is 3.49. The SMILES string of the molecule is C=C(/C=C(\C=C/N=O)OC)c1ccccn1. The topological polar surface area (TPSA) is 51.5 Å². The van der Waals surface area contributed by atoms with Gasteiger partial charge in [0, 0.05) is 12.3 Å². The molecule has 0 fully saturated rings. The summed E-state index contributed by atoms with van der Waals surface area (Å²) in [5.74, 6) is 0.496. The van der Waals surface area contributed by atoms with Crippen LogP contribution in [-0.4, -0.2) is 12.1 Å². The predicted octanol–water partition coefficient (Wildman–Crippen LogP) is 2.91. The molecule has 0 saturated heterocycles. The third-order valence-electron chi connectivity index (χ3n) is 1.85. The molecule has 0 bridgehead atoms. The third-order valence-corrected chi connectivity index (χ3v) is 1.85. The van der Waals surface area contributed by atoms with Crippen LogP contribution in [0.2, 0.25) is 0 Å². The molecule has 82 valence electrons. The van der Waals surface area contributed by atoms with Crippen LogP contribution >= 0.6 is 0 Å². The summed E-state index contributed by atoms with van der Waals surface area (Å²) >= 11 is 0. The summed E-state index contributed by atoms with van der Waals surface area (Å²) < 4.78 is 5.03. The van der Waals surface area contributed by atoms with Gasteiger partial charge in [-0.25, -0.2) is 0 Å². The Morgan fingerprint density at radius 3 is 2.94 bits per heavy atom. The Hall–Kier alpha value is -2.23. The van der Waals surface area contributed by atoms with Crippen molar-refractivity contribution in [3.8, 4) is 0 Å². The zero-order chi connectivity index (χ0) is 11.8. The fourth-order valence-corrected chi connectivity index (χ4v) is 1.08. The van der Waals surface area contributed by atoms with E-state index in [0.29, 0.717) is 11.3 Å². The quantitative estimate of drug-likeness (QED) is 0.432. The standard InChI is InChI=1S/C12H12N2O2/c1-10(12-5-3-4-7-13-12)9-11(16-2)6-8-14-15/h3-9H,1H2,2H3/b8-6-,11-9+. The summed E-state index contributed by atoms with van der Waals surface area (Å²) in [7, 11) is 1.51. The molecule has 0 aliphatic carbocycles. The molecule has 0 aliphatic rings. The second-order valence-corrected chi connectivity index (χ2v) is 2.91. The Labute approximate surface area is 93.9 Å². The van der Waals surface area contributed by atoms with Crippen molar-refractivity contribution < 1.29 is 4.74 Å². The first kappa shape index (κ1) is 11.8. The van der Waals surface area contributed by atoms with Crippen LogP contribution in [0.1, 0.15) is 5.69 Å². The lowest BCUT2D eigenvalue weighted by molar-refractivity contribution is 0.307. The molecule has 1 rings (SSSR count). The number of allylic oxidation sites excluding steroid dienone is 3. The molecule has 0 radical (unpaired) electrons. The number of aromatic nitrogens is 1. The fourth-order valence-electron chi connectivity index (χ4n) is 1.08. The van der Waals surface area contributed by atoms with Crippen molar-refractivity contribution in [1.29, 1.82) is 0 Å². The van der Waals surface area contributed by atoms with E-state index in [1.165, 1.54) is 13.2 Å². The summed E-state index contributed by atoms with van der Waals surface area (Å²) in [4.78, 5) is 14.1. The van der Waals surface area contributed by atoms with Gasteiger partial charge in [-0.1, -0.05) is 12.6 Å². The van der Waals surface area contributed by atoms with E-state index in [-0.39, 0.29) is 0 Å². The molecule has 0 spiro atoms. The Morgan fingerprint density at radius 1 is 1.56 bits per heavy atom. The minimum absolute atomic E-state index is 0.496. The van der Waals surface area contributed by atoms with Gasteiger partial charge in [-0.3, -0.25) is 4.98 Å². The van der Waals surface area contributed by atoms with Gasteiger partial charge in [0.25, 0.3) is 0 Å². The second-order valence-electron chi connectivity index (χ2n) is 2.91. The van der Waals surface area contributed by atoms with Gasteiger partial charge in [-0.05, 0) is 29.0 Å². The summed E-state index contributed by atoms with van der Waals surface area (Å²) in [6.45, 7) is 3.86. The van der Waals surface area contributed by atoms with Gasteiger partial charge in [0.05, 0.1) is 19.0 Å². The summed E-state index contributed by atoms with van der Waals surface area (Å²) in [6.07, 6.45) is 5.94. The first-order chi connectivity index (χ1) is 7.77. The largest absolute Gasteiger partial charge is 0.497 e. The van der Waals surface area contributed by atoms with Gasteiger partial charge in [0.15, 0.2) is 0 Å². The lowest BCUT2D eigenvalue weighted by atomic mass is 10.1. The highest BCUT2D eigenvalue weighted by Crippen LogP contribution is 2.13. The molecular formula is C12H12N2O2. The Kier molecular flexibility index (Phi) is 4.66. The van der Waals surface area contributed by atoms with E-state index in [4.69, 9.17) is 4.74 Å². The first-order valence-corrected chi connectivity index (χ1v) is 4.63. The van der Waals surface area contributed by atoms with E-state index in [9.17, 15) is 4.91 Å². The molecule has 0 saturated carbocycles. The number of nitroso groups, excluding NO2 is 1. The lowest BCUT2D eigenvalue weighted by Crippen LogP contribution is -1.87. The highest BCUT2D eigenvalue weighted by molar-refractivity contribution is 5.70.